The number of aryl methyl sites for hydroxylation is 1. The van der Waals surface area contributed by atoms with Gasteiger partial charge in [0.15, 0.2) is 6.54 Å². The number of aromatic nitrogens is 2. The first kappa shape index (κ1) is 18.5. The van der Waals surface area contributed by atoms with Crippen LogP contribution in [0.25, 0.3) is 0 Å². The van der Waals surface area contributed by atoms with Gasteiger partial charge >= 0.3 is 0 Å². The highest BCUT2D eigenvalue weighted by Gasteiger charge is 2.16. The molecular formula is C18H19N4O4S+. The fourth-order valence-corrected chi connectivity index (χ4v) is 3.56. The summed E-state index contributed by atoms with van der Waals surface area (Å²) in [6, 6.07) is 12.0. The van der Waals surface area contributed by atoms with Crippen molar-refractivity contribution in [3.63, 3.8) is 0 Å². The number of hydrogen-bond donors (Lipinski definition) is 3. The predicted molar refractivity (Wildman–Crippen MR) is 99.6 cm³/mol. The van der Waals surface area contributed by atoms with Crippen LogP contribution in [-0.2, 0) is 28.4 Å². The topological polar surface area (TPSA) is 104 Å². The number of benzene rings is 2. The Morgan fingerprint density at radius 2 is 1.93 bits per heavy atom. The molecule has 1 aromatic heterocycles. The molecule has 0 spiro atoms. The van der Waals surface area contributed by atoms with E-state index in [0.29, 0.717) is 5.69 Å². The molecule has 3 aromatic rings. The Morgan fingerprint density at radius 1 is 1.19 bits per heavy atom. The van der Waals surface area contributed by atoms with Gasteiger partial charge in [0.25, 0.3) is 15.9 Å². The molecule has 0 aliphatic heterocycles. The van der Waals surface area contributed by atoms with Gasteiger partial charge in [-0.2, -0.15) is 0 Å². The van der Waals surface area contributed by atoms with Crippen LogP contribution in [0.15, 0.2) is 72.1 Å². The smallest absolute Gasteiger partial charge is 0.266 e. The highest BCUT2D eigenvalue weighted by molar-refractivity contribution is 7.92. The fourth-order valence-electron chi connectivity index (χ4n) is 2.46. The van der Waals surface area contributed by atoms with Crippen LogP contribution in [0.4, 0.5) is 11.4 Å². The molecule has 0 bridgehead atoms. The van der Waals surface area contributed by atoms with Crippen LogP contribution < -0.4 is 14.6 Å². The van der Waals surface area contributed by atoms with Crippen molar-refractivity contribution >= 4 is 27.3 Å². The van der Waals surface area contributed by atoms with Gasteiger partial charge in [0.1, 0.15) is 18.1 Å². The van der Waals surface area contributed by atoms with Gasteiger partial charge in [-0.15, -0.1) is 0 Å². The molecule has 140 valence electrons. The van der Waals surface area contributed by atoms with E-state index in [1.54, 1.807) is 35.3 Å². The van der Waals surface area contributed by atoms with Gasteiger partial charge in [-0.1, -0.05) is 18.2 Å². The second kappa shape index (κ2) is 7.50. The molecule has 1 amide bonds. The lowest BCUT2D eigenvalue weighted by Crippen LogP contribution is -2.25. The van der Waals surface area contributed by atoms with Crippen LogP contribution in [0.5, 0.6) is 5.75 Å². The summed E-state index contributed by atoms with van der Waals surface area (Å²) >= 11 is 0. The van der Waals surface area contributed by atoms with E-state index in [1.165, 1.54) is 30.3 Å². The number of sulfonamides is 1. The first-order valence-electron chi connectivity index (χ1n) is 8.05. The second-order valence-corrected chi connectivity index (χ2v) is 7.63. The molecule has 1 heterocycles. The van der Waals surface area contributed by atoms with Crippen LogP contribution in [0.3, 0.4) is 0 Å². The highest BCUT2D eigenvalue weighted by Crippen LogP contribution is 2.29. The lowest BCUT2D eigenvalue weighted by molar-refractivity contribution is -0.671. The molecule has 27 heavy (non-hydrogen) atoms. The van der Waals surface area contributed by atoms with Gasteiger partial charge in [0, 0.05) is 11.8 Å². The third kappa shape index (κ3) is 4.64. The number of phenols is 1. The number of imidazole rings is 1. The minimum Gasteiger partial charge on any atom is -0.506 e. The summed E-state index contributed by atoms with van der Waals surface area (Å²) < 4.78 is 30.5. The number of nitrogens with zero attached hydrogens (tertiary/aromatic N) is 2. The summed E-state index contributed by atoms with van der Waals surface area (Å²) in [7, 11) is -1.96. The maximum absolute atomic E-state index is 12.3. The molecule has 0 fully saturated rings. The van der Waals surface area contributed by atoms with Crippen molar-refractivity contribution < 1.29 is 22.9 Å². The Morgan fingerprint density at radius 3 is 2.56 bits per heavy atom. The van der Waals surface area contributed by atoms with Gasteiger partial charge < -0.3 is 10.4 Å². The standard InChI is InChI=1S/C18H18N4O4S/c1-21-9-10-22(13-21)12-18(24)19-14-7-8-16(17(23)11-14)20-27(25,26)15-5-3-2-4-6-15/h2-11,13,20H,12H2,1H3,(H-,19,23,24)/p+1. The first-order chi connectivity index (χ1) is 12.8. The van der Waals surface area contributed by atoms with Gasteiger partial charge in [-0.05, 0) is 24.3 Å². The van der Waals surface area contributed by atoms with E-state index in [1.807, 2.05) is 17.8 Å². The summed E-state index contributed by atoms with van der Waals surface area (Å²) in [5.74, 6) is -0.567. The molecule has 0 aliphatic rings. The fraction of sp³-hybridized carbons (Fsp3) is 0.111. The zero-order valence-electron chi connectivity index (χ0n) is 14.5. The van der Waals surface area contributed by atoms with E-state index in [0.717, 1.165) is 0 Å². The lowest BCUT2D eigenvalue weighted by atomic mass is 10.2. The molecule has 0 unspecified atom stereocenters. The van der Waals surface area contributed by atoms with Crippen LogP contribution in [0.1, 0.15) is 0 Å². The molecule has 0 aliphatic carbocycles. The monoisotopic (exact) mass is 387 g/mol. The number of rotatable bonds is 6. The SMILES string of the molecule is C[n+]1ccn(CC(=O)Nc2ccc(NS(=O)(=O)c3ccccc3)c(O)c2)c1. The maximum atomic E-state index is 12.3. The summed E-state index contributed by atoms with van der Waals surface area (Å²) in [5, 5.41) is 12.8. The molecule has 0 radical (unpaired) electrons. The van der Waals surface area contributed by atoms with Gasteiger partial charge in [0.05, 0.1) is 17.6 Å². The Kier molecular flexibility index (Phi) is 5.13. The number of phenolic OH excluding ortho intramolecular Hbond substituents is 1. The number of nitrogens with one attached hydrogen (secondary N) is 2. The van der Waals surface area contributed by atoms with Gasteiger partial charge in [-0.25, -0.2) is 17.6 Å². The van der Waals surface area contributed by atoms with Crippen molar-refractivity contribution in [3.8, 4) is 5.75 Å². The molecule has 9 heteroatoms. The largest absolute Gasteiger partial charge is 0.506 e. The summed E-state index contributed by atoms with van der Waals surface area (Å²) in [5.41, 5.74) is 0.381. The van der Waals surface area contributed by atoms with Crippen LogP contribution in [-0.4, -0.2) is 24.0 Å². The van der Waals surface area contributed by atoms with E-state index >= 15 is 0 Å². The molecule has 0 saturated carbocycles. The first-order valence-corrected chi connectivity index (χ1v) is 9.53. The average Bonchev–Trinajstić information content (AvgIpc) is 3.02. The molecule has 3 N–H and O–H groups in total. The molecule has 8 nitrogen and oxygen atoms in total. The Balaban J connectivity index is 1.69. The molecular weight excluding hydrogens is 368 g/mol. The molecule has 0 atom stereocenters. The number of anilines is 2. The molecule has 0 saturated heterocycles. The van der Waals surface area contributed by atoms with E-state index < -0.39 is 10.0 Å². The van der Waals surface area contributed by atoms with Crippen molar-refractivity contribution in [1.29, 1.82) is 0 Å². The zero-order valence-corrected chi connectivity index (χ0v) is 15.3. The Labute approximate surface area is 156 Å². The van der Waals surface area contributed by atoms with Gasteiger partial charge in [0.2, 0.25) is 6.33 Å². The lowest BCUT2D eigenvalue weighted by Gasteiger charge is -2.11. The average molecular weight is 387 g/mol. The Hall–Kier alpha value is -3.33. The number of carbonyl (C=O) groups is 1. The van der Waals surface area contributed by atoms with E-state index in [9.17, 15) is 18.3 Å². The van der Waals surface area contributed by atoms with E-state index in [4.69, 9.17) is 0 Å². The number of carbonyl (C=O) groups excluding carboxylic acids is 1. The highest BCUT2D eigenvalue weighted by atomic mass is 32.2. The van der Waals surface area contributed by atoms with Crippen molar-refractivity contribution in [2.75, 3.05) is 10.0 Å². The predicted octanol–water partition coefficient (Wildman–Crippen LogP) is 1.46. The molecule has 3 rings (SSSR count). The third-order valence-electron chi connectivity index (χ3n) is 3.73. The van der Waals surface area contributed by atoms with Crippen LogP contribution >= 0.6 is 0 Å². The summed E-state index contributed by atoms with van der Waals surface area (Å²) in [6.45, 7) is 0.115. The second-order valence-electron chi connectivity index (χ2n) is 5.95. The summed E-state index contributed by atoms with van der Waals surface area (Å²) in [4.78, 5) is 12.2. The quantitative estimate of drug-likeness (QED) is 0.440. The maximum Gasteiger partial charge on any atom is 0.266 e. The van der Waals surface area contributed by atoms with E-state index in [-0.39, 0.29) is 28.8 Å². The minimum absolute atomic E-state index is 0.0225. The number of aromatic hydroxyl groups is 1. The number of amides is 1. The minimum atomic E-state index is -3.81. The Bertz CT molecular complexity index is 1060. The zero-order chi connectivity index (χ0) is 19.4. The van der Waals surface area contributed by atoms with Crippen molar-refractivity contribution in [2.24, 2.45) is 7.05 Å². The van der Waals surface area contributed by atoms with E-state index in [2.05, 4.69) is 10.0 Å². The van der Waals surface area contributed by atoms with Crippen LogP contribution in [0, 0.1) is 0 Å². The van der Waals surface area contributed by atoms with Gasteiger partial charge in [-0.3, -0.25) is 9.52 Å². The third-order valence-corrected chi connectivity index (χ3v) is 5.11. The van der Waals surface area contributed by atoms with Crippen molar-refractivity contribution in [3.05, 3.63) is 67.3 Å². The number of hydrogen-bond acceptors (Lipinski definition) is 4. The van der Waals surface area contributed by atoms with Crippen LogP contribution in [0.2, 0.25) is 0 Å². The summed E-state index contributed by atoms with van der Waals surface area (Å²) in [6.07, 6.45) is 5.34. The van der Waals surface area contributed by atoms with Crippen molar-refractivity contribution in [2.45, 2.75) is 11.4 Å². The van der Waals surface area contributed by atoms with Crippen molar-refractivity contribution in [1.82, 2.24) is 4.57 Å². The normalized spacial score (nSPS) is 11.1. The molecule has 2 aromatic carbocycles.